The third-order valence-corrected chi connectivity index (χ3v) is 9.69. The van der Waals surface area contributed by atoms with Gasteiger partial charge in [0, 0.05) is 6.54 Å². The molecule has 31 heteroatoms. The number of amides is 4. The molecule has 0 aromatic carbocycles. The van der Waals surface area contributed by atoms with Gasteiger partial charge >= 0.3 is 41.2 Å². The number of halogens is 6. The number of ether oxygens (including phenoxy) is 2. The molecule has 318 valence electrons. The second kappa shape index (κ2) is 16.9. The van der Waals surface area contributed by atoms with Crippen molar-refractivity contribution in [1.29, 1.82) is 0 Å². The molecule has 8 atom stereocenters. The summed E-state index contributed by atoms with van der Waals surface area (Å²) >= 11 is 27.6. The van der Waals surface area contributed by atoms with E-state index in [1.165, 1.54) is 4.90 Å². The van der Waals surface area contributed by atoms with Crippen LogP contribution in [0, 0.1) is 0 Å². The van der Waals surface area contributed by atoms with E-state index in [9.17, 15) is 29.4 Å². The van der Waals surface area contributed by atoms with Crippen molar-refractivity contribution in [2.45, 2.75) is 55.3 Å². The molecule has 0 aromatic heterocycles. The molecule has 0 aliphatic carbocycles. The number of guanidine groups is 2. The number of primary amides is 2. The quantitative estimate of drug-likeness (QED) is 0.103. The number of aliphatic hydroxyl groups excluding tert-OH is 2. The summed E-state index contributed by atoms with van der Waals surface area (Å²) in [5.74, 6) is -0.841. The predicted molar refractivity (Wildman–Crippen MR) is 192 cm³/mol. The number of carbonyl (C=O) groups is 4. The Labute approximate surface area is 353 Å². The van der Waals surface area contributed by atoms with Gasteiger partial charge in [-0.2, -0.15) is 0 Å². The number of carbonyl (C=O) groups excluding carboxylic acids is 4. The summed E-state index contributed by atoms with van der Waals surface area (Å²) in [6.07, 6.45) is -0.625. The van der Waals surface area contributed by atoms with Crippen molar-refractivity contribution in [2.24, 2.45) is 21.5 Å². The second-order valence-corrected chi connectivity index (χ2v) is 19.4. The van der Waals surface area contributed by atoms with Crippen molar-refractivity contribution in [2.75, 3.05) is 26.3 Å². The fourth-order valence-electron chi connectivity index (χ4n) is 6.70. The van der Waals surface area contributed by atoms with Crippen LogP contribution in [0.3, 0.4) is 0 Å². The molecule has 3 saturated heterocycles. The van der Waals surface area contributed by atoms with Crippen LogP contribution in [-0.2, 0) is 48.1 Å². The third-order valence-electron chi connectivity index (χ3n) is 8.66. The molecule has 6 heterocycles. The monoisotopic (exact) mass is 1110 g/mol. The van der Waals surface area contributed by atoms with Crippen LogP contribution >= 0.6 is 69.6 Å². The molecule has 24 nitrogen and oxygen atoms in total. The summed E-state index contributed by atoms with van der Waals surface area (Å²) in [5, 5.41) is 38.1. The molecule has 12 N–H and O–H groups in total. The van der Waals surface area contributed by atoms with Crippen LogP contribution in [0.15, 0.2) is 46.9 Å². The molecule has 2 spiro atoms. The molecule has 0 aromatic rings. The Balaban J connectivity index is 0.000000226. The standard InChI is InChI=1S/C13H17Cl3N6O5.C13H15Cl3N6O3.4O.Os/c1-4-18-7-5(3-27-10(17)26)19-11(20-9(25)13(14,15)16)22-2-6(23)8(24)12(7,22)21-4;1-6-18-8-7(5-25-10(17)24)19-11(20-9(23)13(14,15)16)22-4-2-3-12(8,22)21-6;;;;;/h5-8,18,21,23-24H,1-3H2,(H2,17,26)(H,19,20,25);2-3,7-8,18,21H,1,4-5H2,(H2,17,24)(H,19,20,23);;;;;/t5-,6-,7-,8+,12-;7-,8-,12+;;;;;/m00...../s1. The Morgan fingerprint density at radius 3 is 1.75 bits per heavy atom. The molecule has 0 bridgehead atoms. The molecule has 6 rings (SSSR count). The van der Waals surface area contributed by atoms with Crippen molar-refractivity contribution >= 4 is 106 Å². The van der Waals surface area contributed by atoms with Crippen LogP contribution in [0.5, 0.6) is 0 Å². The number of alkyl halides is 6. The van der Waals surface area contributed by atoms with Crippen LogP contribution in [0.4, 0.5) is 9.59 Å². The van der Waals surface area contributed by atoms with E-state index < -0.39 is 88.1 Å². The molecule has 3 fully saturated rings. The summed E-state index contributed by atoms with van der Waals surface area (Å²) in [6, 6.07) is -2.37. The minimum atomic E-state index is -6.06. The SMILES string of the molecule is C=C1N[C@H]2[C@H](COC(N)=O)N=C(NC(=O)C(Cl)(Cl)Cl)N3CC=C[C@]23N1.C=C1N[C@H]2[C@H](COC(N)=O)N=C(NC(=O)C(Cl)(Cl)Cl)N3C[C@H](O)[C@@H](O)[C@]23N1.[O]=[Os](=[O])(=[O])=[O]. The van der Waals surface area contributed by atoms with Gasteiger partial charge in [-0.1, -0.05) is 88.8 Å². The molecular weight excluding hydrogens is 1080 g/mol. The van der Waals surface area contributed by atoms with Gasteiger partial charge in [-0.25, -0.2) is 19.6 Å². The van der Waals surface area contributed by atoms with Gasteiger partial charge in [-0.05, 0) is 6.08 Å². The van der Waals surface area contributed by atoms with Crippen molar-refractivity contribution in [3.63, 3.8) is 0 Å². The Kier molecular flexibility index (Phi) is 13.6. The van der Waals surface area contributed by atoms with E-state index in [4.69, 9.17) is 105 Å². The zero-order valence-electron chi connectivity index (χ0n) is 28.4. The number of hydrogen-bond donors (Lipinski definition) is 10. The first-order valence-electron chi connectivity index (χ1n) is 15.5. The molecule has 6 aliphatic rings. The normalized spacial score (nSPS) is 30.6. The van der Waals surface area contributed by atoms with Gasteiger partial charge in [0.05, 0.1) is 30.3 Å². The van der Waals surface area contributed by atoms with E-state index in [1.54, 1.807) is 4.90 Å². The van der Waals surface area contributed by atoms with Crippen molar-refractivity contribution < 1.29 is 67.9 Å². The van der Waals surface area contributed by atoms with E-state index in [1.807, 2.05) is 12.2 Å². The summed E-state index contributed by atoms with van der Waals surface area (Å²) in [6.45, 7) is 7.65. The van der Waals surface area contributed by atoms with Gasteiger partial charge in [0.15, 0.2) is 11.3 Å². The van der Waals surface area contributed by atoms with Crippen molar-refractivity contribution in [3.8, 4) is 0 Å². The molecule has 4 amide bonds. The van der Waals surface area contributed by atoms with Gasteiger partial charge in [0.25, 0.3) is 19.4 Å². The maximum atomic E-state index is 12.1. The molecule has 57 heavy (non-hydrogen) atoms. The third kappa shape index (κ3) is 10.3. The Morgan fingerprint density at radius 1 is 0.842 bits per heavy atom. The maximum absolute atomic E-state index is 12.1. The van der Waals surface area contributed by atoms with Crippen LogP contribution < -0.4 is 43.4 Å². The second-order valence-electron chi connectivity index (χ2n) is 12.3. The van der Waals surface area contributed by atoms with Crippen LogP contribution in [0.25, 0.3) is 0 Å². The number of hydrogen-bond acceptors (Lipinski definition) is 20. The van der Waals surface area contributed by atoms with Crippen molar-refractivity contribution in [3.05, 3.63) is 37.0 Å². The molecule has 6 aliphatic heterocycles. The first-order valence-corrected chi connectivity index (χ1v) is 21.9. The average Bonchev–Trinajstić information content (AvgIpc) is 3.80. The number of aliphatic imine (C=N–C) groups is 2. The predicted octanol–water partition coefficient (Wildman–Crippen LogP) is -2.50. The molecule has 0 radical (unpaired) electrons. The summed E-state index contributed by atoms with van der Waals surface area (Å²) in [5.41, 5.74) is 7.98. The van der Waals surface area contributed by atoms with Crippen molar-refractivity contribution in [1.82, 2.24) is 41.7 Å². The van der Waals surface area contributed by atoms with Gasteiger partial charge in [0.1, 0.15) is 37.5 Å². The fraction of sp³-hybridized carbons (Fsp3) is 0.538. The van der Waals surface area contributed by atoms with Gasteiger partial charge in [-0.15, -0.1) is 0 Å². The number of rotatable bonds is 4. The summed E-state index contributed by atoms with van der Waals surface area (Å²) in [4.78, 5) is 58.1. The molecule has 0 saturated carbocycles. The van der Waals surface area contributed by atoms with Gasteiger partial charge < -0.3 is 62.2 Å². The van der Waals surface area contributed by atoms with Gasteiger partial charge in [0.2, 0.25) is 11.9 Å². The first-order chi connectivity index (χ1) is 26.1. The van der Waals surface area contributed by atoms with E-state index in [0.29, 0.717) is 18.2 Å². The number of nitrogens with two attached hydrogens (primary N) is 2. The number of aliphatic hydroxyl groups is 2. The topological polar surface area (TPSA) is 351 Å². The zero-order chi connectivity index (χ0) is 43.1. The number of nitrogens with zero attached hydrogens (tertiary/aromatic N) is 4. The molecule has 0 unspecified atom stereocenters. The summed E-state index contributed by atoms with van der Waals surface area (Å²) < 4.78 is 39.8. The van der Waals surface area contributed by atoms with Crippen LogP contribution in [0.2, 0.25) is 0 Å². The van der Waals surface area contributed by atoms with Crippen LogP contribution in [-0.4, -0.2) is 138 Å². The Hall–Kier alpha value is -3.66. The van der Waals surface area contributed by atoms with E-state index in [-0.39, 0.29) is 37.7 Å². The van der Waals surface area contributed by atoms with Crippen LogP contribution in [0.1, 0.15) is 0 Å². The van der Waals surface area contributed by atoms with Gasteiger partial charge in [-0.3, -0.25) is 20.2 Å². The van der Waals surface area contributed by atoms with E-state index in [2.05, 4.69) is 55.0 Å². The minimum absolute atomic E-state index is 0.0814. The van der Waals surface area contributed by atoms with E-state index in [0.717, 1.165) is 0 Å². The Morgan fingerprint density at radius 2 is 1.28 bits per heavy atom. The number of nitrogens with one attached hydrogen (secondary N) is 6. The Bertz CT molecular complexity index is 2010. The first kappa shape index (κ1) is 46.0. The fourth-order valence-corrected chi connectivity index (χ4v) is 6.99. The molecular formula is C26H32Cl6N12O12Os. The zero-order valence-corrected chi connectivity index (χ0v) is 35.5. The average molecular weight is 1110 g/mol. The summed E-state index contributed by atoms with van der Waals surface area (Å²) in [7, 11) is 0. The van der Waals surface area contributed by atoms with E-state index >= 15 is 0 Å².